The zero-order valence-electron chi connectivity index (χ0n) is 13.1. The maximum Gasteiger partial charge on any atom is 0.248 e. The molecule has 0 spiro atoms. The lowest BCUT2D eigenvalue weighted by molar-refractivity contribution is 0.438. The summed E-state index contributed by atoms with van der Waals surface area (Å²) in [6, 6.07) is 8.35. The summed E-state index contributed by atoms with van der Waals surface area (Å²) in [6.45, 7) is 4.75. The van der Waals surface area contributed by atoms with Gasteiger partial charge in [0.1, 0.15) is 11.6 Å². The molecule has 1 aliphatic heterocycles. The van der Waals surface area contributed by atoms with E-state index in [-0.39, 0.29) is 6.04 Å². The van der Waals surface area contributed by atoms with Crippen molar-refractivity contribution in [2.45, 2.75) is 39.3 Å². The monoisotopic (exact) mass is 310 g/mol. The van der Waals surface area contributed by atoms with Crippen molar-refractivity contribution in [2.75, 3.05) is 5.32 Å². The quantitative estimate of drug-likeness (QED) is 0.784. The molecule has 0 saturated carbocycles. The molecule has 0 saturated heterocycles. The van der Waals surface area contributed by atoms with Gasteiger partial charge in [-0.15, -0.1) is 0 Å². The Morgan fingerprint density at radius 2 is 2.00 bits per heavy atom. The molecule has 0 amide bonds. The number of benzene rings is 1. The molecular formula is C15H18N8. The normalized spacial score (nSPS) is 17.0. The molecule has 0 unspecified atom stereocenters. The Morgan fingerprint density at radius 3 is 2.83 bits per heavy atom. The summed E-state index contributed by atoms with van der Waals surface area (Å²) in [4.78, 5) is 4.43. The Balaban J connectivity index is 1.54. The van der Waals surface area contributed by atoms with Crippen LogP contribution in [0.25, 0.3) is 5.69 Å². The first-order chi connectivity index (χ1) is 11.2. The second-order valence-corrected chi connectivity index (χ2v) is 5.89. The molecule has 8 nitrogen and oxygen atoms in total. The molecule has 0 aliphatic carbocycles. The fourth-order valence-corrected chi connectivity index (χ4v) is 2.87. The Morgan fingerprint density at radius 1 is 1.17 bits per heavy atom. The first kappa shape index (κ1) is 13.9. The van der Waals surface area contributed by atoms with Crippen molar-refractivity contribution in [3.63, 3.8) is 0 Å². The van der Waals surface area contributed by atoms with Gasteiger partial charge in [-0.3, -0.25) is 0 Å². The lowest BCUT2D eigenvalue weighted by Gasteiger charge is -2.23. The molecule has 2 aromatic heterocycles. The van der Waals surface area contributed by atoms with Crippen LogP contribution < -0.4 is 5.32 Å². The van der Waals surface area contributed by atoms with E-state index >= 15 is 0 Å². The van der Waals surface area contributed by atoms with Gasteiger partial charge in [0.25, 0.3) is 0 Å². The van der Waals surface area contributed by atoms with Crippen LogP contribution in [0.4, 0.5) is 5.95 Å². The molecule has 0 radical (unpaired) electrons. The van der Waals surface area contributed by atoms with Crippen LogP contribution in [0, 0.1) is 13.8 Å². The molecule has 1 aliphatic rings. The fourth-order valence-electron chi connectivity index (χ4n) is 2.87. The van der Waals surface area contributed by atoms with E-state index in [9.17, 15) is 0 Å². The summed E-state index contributed by atoms with van der Waals surface area (Å²) in [5, 5.41) is 19.9. The molecular weight excluding hydrogens is 292 g/mol. The molecule has 3 heterocycles. The Hall–Kier alpha value is -2.77. The van der Waals surface area contributed by atoms with Gasteiger partial charge in [0.05, 0.1) is 12.2 Å². The molecule has 23 heavy (non-hydrogen) atoms. The zero-order chi connectivity index (χ0) is 15.8. The van der Waals surface area contributed by atoms with Crippen molar-refractivity contribution in [1.82, 2.24) is 35.0 Å². The predicted molar refractivity (Wildman–Crippen MR) is 84.4 cm³/mol. The van der Waals surface area contributed by atoms with Gasteiger partial charge in [0.2, 0.25) is 5.95 Å². The largest absolute Gasteiger partial charge is 0.348 e. The summed E-state index contributed by atoms with van der Waals surface area (Å²) in [5.41, 5.74) is 2.15. The number of fused-ring (bicyclic) bond motifs is 1. The number of nitrogens with zero attached hydrogens (tertiary/aromatic N) is 7. The maximum absolute atomic E-state index is 4.43. The van der Waals surface area contributed by atoms with Crippen LogP contribution in [0.2, 0.25) is 0 Å². The molecule has 4 rings (SSSR count). The van der Waals surface area contributed by atoms with Crippen LogP contribution in [0.15, 0.2) is 24.3 Å². The first-order valence-corrected chi connectivity index (χ1v) is 7.71. The molecule has 0 bridgehead atoms. The van der Waals surface area contributed by atoms with Crippen molar-refractivity contribution in [3.05, 3.63) is 41.5 Å². The van der Waals surface area contributed by atoms with E-state index in [1.807, 2.05) is 35.9 Å². The van der Waals surface area contributed by atoms with Crippen molar-refractivity contribution >= 4 is 5.95 Å². The third-order valence-electron chi connectivity index (χ3n) is 4.05. The lowest BCUT2D eigenvalue weighted by atomic mass is 10.1. The number of nitrogens with one attached hydrogen (secondary N) is 1. The molecule has 118 valence electrons. The number of aryl methyl sites for hydroxylation is 3. The van der Waals surface area contributed by atoms with E-state index in [1.54, 1.807) is 4.68 Å². The average Bonchev–Trinajstić information content (AvgIpc) is 3.13. The highest BCUT2D eigenvalue weighted by Gasteiger charge is 2.22. The van der Waals surface area contributed by atoms with E-state index in [0.29, 0.717) is 5.95 Å². The minimum absolute atomic E-state index is 0.235. The molecule has 1 aromatic carbocycles. The fraction of sp³-hybridized carbons (Fsp3) is 0.400. The SMILES string of the molecule is Cc1ccc(-n2nnnc2N[C@H]2CCc3nc(C)nn3C2)cc1. The number of aromatic nitrogens is 7. The summed E-state index contributed by atoms with van der Waals surface area (Å²) in [6.07, 6.45) is 1.89. The van der Waals surface area contributed by atoms with E-state index < -0.39 is 0 Å². The summed E-state index contributed by atoms with van der Waals surface area (Å²) < 4.78 is 3.69. The van der Waals surface area contributed by atoms with Crippen LogP contribution in [0.1, 0.15) is 23.6 Å². The topological polar surface area (TPSA) is 86.3 Å². The van der Waals surface area contributed by atoms with E-state index in [4.69, 9.17) is 0 Å². The minimum Gasteiger partial charge on any atom is -0.348 e. The van der Waals surface area contributed by atoms with Crippen molar-refractivity contribution in [1.29, 1.82) is 0 Å². The average molecular weight is 310 g/mol. The number of anilines is 1. The second-order valence-electron chi connectivity index (χ2n) is 5.89. The predicted octanol–water partition coefficient (Wildman–Crippen LogP) is 1.30. The number of tetrazole rings is 1. The maximum atomic E-state index is 4.43. The van der Waals surface area contributed by atoms with Gasteiger partial charge in [-0.25, -0.2) is 9.67 Å². The highest BCUT2D eigenvalue weighted by Crippen LogP contribution is 2.18. The lowest BCUT2D eigenvalue weighted by Crippen LogP contribution is -2.33. The van der Waals surface area contributed by atoms with Gasteiger partial charge < -0.3 is 5.32 Å². The number of hydrogen-bond donors (Lipinski definition) is 1. The van der Waals surface area contributed by atoms with E-state index in [2.05, 4.69) is 37.8 Å². The highest BCUT2D eigenvalue weighted by molar-refractivity contribution is 5.40. The van der Waals surface area contributed by atoms with E-state index in [0.717, 1.165) is 36.7 Å². The van der Waals surface area contributed by atoms with Crippen LogP contribution in [-0.4, -0.2) is 41.0 Å². The molecule has 8 heteroatoms. The van der Waals surface area contributed by atoms with Crippen LogP contribution in [-0.2, 0) is 13.0 Å². The number of hydrogen-bond acceptors (Lipinski definition) is 6. The Bertz CT molecular complexity index is 816. The molecule has 1 atom stereocenters. The Kier molecular flexibility index (Phi) is 3.29. The zero-order valence-corrected chi connectivity index (χ0v) is 13.1. The summed E-state index contributed by atoms with van der Waals surface area (Å²) >= 11 is 0. The third-order valence-corrected chi connectivity index (χ3v) is 4.05. The van der Waals surface area contributed by atoms with Crippen molar-refractivity contribution < 1.29 is 0 Å². The van der Waals surface area contributed by atoms with Gasteiger partial charge in [-0.2, -0.15) is 9.78 Å². The third kappa shape index (κ3) is 2.67. The van der Waals surface area contributed by atoms with Crippen LogP contribution >= 0.6 is 0 Å². The van der Waals surface area contributed by atoms with Gasteiger partial charge in [0.15, 0.2) is 0 Å². The van der Waals surface area contributed by atoms with Gasteiger partial charge >= 0.3 is 0 Å². The van der Waals surface area contributed by atoms with Crippen LogP contribution in [0.5, 0.6) is 0 Å². The van der Waals surface area contributed by atoms with Crippen LogP contribution in [0.3, 0.4) is 0 Å². The summed E-state index contributed by atoms with van der Waals surface area (Å²) in [5.74, 6) is 2.53. The van der Waals surface area contributed by atoms with Gasteiger partial charge in [-0.05, 0) is 42.8 Å². The molecule has 0 fully saturated rings. The highest BCUT2D eigenvalue weighted by atomic mass is 15.6. The van der Waals surface area contributed by atoms with Gasteiger partial charge in [0, 0.05) is 12.5 Å². The van der Waals surface area contributed by atoms with Gasteiger partial charge in [-0.1, -0.05) is 22.8 Å². The molecule has 1 N–H and O–H groups in total. The van der Waals surface area contributed by atoms with Crippen molar-refractivity contribution in [2.24, 2.45) is 0 Å². The Labute approximate surface area is 133 Å². The standard InChI is InChI=1S/C15H18N8/c1-10-3-6-13(7-4-10)23-15(18-20-21-23)17-12-5-8-14-16-11(2)19-22(14)9-12/h3-4,6-7,12H,5,8-9H2,1-2H3,(H,17,18,21)/t12-/m0/s1. The van der Waals surface area contributed by atoms with E-state index in [1.165, 1.54) is 5.56 Å². The summed E-state index contributed by atoms with van der Waals surface area (Å²) in [7, 11) is 0. The number of rotatable bonds is 3. The molecule has 3 aromatic rings. The first-order valence-electron chi connectivity index (χ1n) is 7.71. The van der Waals surface area contributed by atoms with Crippen molar-refractivity contribution in [3.8, 4) is 5.69 Å². The smallest absolute Gasteiger partial charge is 0.248 e. The second kappa shape index (κ2) is 5.45. The minimum atomic E-state index is 0.235.